The lowest BCUT2D eigenvalue weighted by Crippen LogP contribution is -2.42. The highest BCUT2D eigenvalue weighted by Crippen LogP contribution is 2.23. The summed E-state index contributed by atoms with van der Waals surface area (Å²) in [6, 6.07) is 0.221. The van der Waals surface area contributed by atoms with Crippen LogP contribution in [0.5, 0.6) is 0 Å². The highest BCUT2D eigenvalue weighted by atomic mass is 32.2. The summed E-state index contributed by atoms with van der Waals surface area (Å²) in [5, 5.41) is 8.58. The molecule has 1 aromatic carbocycles. The molecule has 1 rings (SSSR count). The van der Waals surface area contributed by atoms with Crippen molar-refractivity contribution in [2.24, 2.45) is 5.73 Å². The number of carbonyl (C=O) groups excluding carboxylic acids is 1. The van der Waals surface area contributed by atoms with Crippen molar-refractivity contribution >= 4 is 21.9 Å². The van der Waals surface area contributed by atoms with Crippen LogP contribution >= 0.6 is 0 Å². The molecule has 0 atom stereocenters. The van der Waals surface area contributed by atoms with Crippen LogP contribution in [-0.2, 0) is 19.6 Å². The van der Waals surface area contributed by atoms with E-state index < -0.39 is 57.3 Å². The minimum absolute atomic E-state index is 0.0307. The Morgan fingerprint density at radius 3 is 2.00 bits per heavy atom. The third-order valence-corrected chi connectivity index (χ3v) is 4.05. The van der Waals surface area contributed by atoms with E-state index in [9.17, 15) is 31.2 Å². The Balaban J connectivity index is 3.42. The number of amides is 1. The maximum atomic E-state index is 13.5. The predicted octanol–water partition coefficient (Wildman–Crippen LogP) is -0.336. The molecular formula is C10H9F3N2O5S. The smallest absolute Gasteiger partial charge is 0.318 e. The zero-order valence-corrected chi connectivity index (χ0v) is 11.0. The Labute approximate surface area is 116 Å². The number of carboxylic acids is 1. The summed E-state index contributed by atoms with van der Waals surface area (Å²) in [4.78, 5) is 19.8. The molecule has 0 fully saturated rings. The summed E-state index contributed by atoms with van der Waals surface area (Å²) in [7, 11) is -5.03. The highest BCUT2D eigenvalue weighted by Gasteiger charge is 2.33. The number of hydrogen-bond acceptors (Lipinski definition) is 4. The molecule has 0 aliphatic heterocycles. The standard InChI is InChI=1S/C10H9F3N2O5S/c11-5-1-6(12)10(7(13)2-5)21(19,20)15(3-8(14)16)4-9(17)18/h1-2H,3-4H2,(H2,14,16)(H,17,18). The number of nitrogens with two attached hydrogens (primary N) is 1. The predicted molar refractivity (Wildman–Crippen MR) is 61.9 cm³/mol. The van der Waals surface area contributed by atoms with Crippen molar-refractivity contribution < 1.29 is 36.3 Å². The van der Waals surface area contributed by atoms with E-state index >= 15 is 0 Å². The van der Waals surface area contributed by atoms with Gasteiger partial charge in [-0.1, -0.05) is 0 Å². The first-order valence-corrected chi connectivity index (χ1v) is 6.64. The van der Waals surface area contributed by atoms with Crippen LogP contribution in [0.25, 0.3) is 0 Å². The van der Waals surface area contributed by atoms with E-state index in [0.29, 0.717) is 0 Å². The summed E-state index contributed by atoms with van der Waals surface area (Å²) in [5.41, 5.74) is 4.76. The van der Waals surface area contributed by atoms with Crippen molar-refractivity contribution in [3.8, 4) is 0 Å². The summed E-state index contributed by atoms with van der Waals surface area (Å²) in [6.07, 6.45) is 0. The van der Waals surface area contributed by atoms with E-state index in [2.05, 4.69) is 0 Å². The lowest BCUT2D eigenvalue weighted by Gasteiger charge is -2.19. The second-order valence-electron chi connectivity index (χ2n) is 3.83. The summed E-state index contributed by atoms with van der Waals surface area (Å²) in [6.45, 7) is -2.35. The van der Waals surface area contributed by atoms with E-state index in [0.717, 1.165) is 0 Å². The first-order chi connectivity index (χ1) is 9.55. The zero-order valence-electron chi connectivity index (χ0n) is 10.2. The minimum Gasteiger partial charge on any atom is -0.480 e. The van der Waals surface area contributed by atoms with Crippen LogP contribution in [0.15, 0.2) is 17.0 Å². The zero-order chi connectivity index (χ0) is 16.4. The Bertz CT molecular complexity index is 653. The summed E-state index contributed by atoms with van der Waals surface area (Å²) < 4.78 is 63.7. The van der Waals surface area contributed by atoms with Gasteiger partial charge >= 0.3 is 5.97 Å². The van der Waals surface area contributed by atoms with Gasteiger partial charge in [-0.25, -0.2) is 21.6 Å². The van der Waals surface area contributed by atoms with Crippen LogP contribution in [0.2, 0.25) is 0 Å². The number of sulfonamides is 1. The number of carbonyl (C=O) groups is 2. The first kappa shape index (κ1) is 16.9. The largest absolute Gasteiger partial charge is 0.480 e. The maximum Gasteiger partial charge on any atom is 0.318 e. The molecule has 21 heavy (non-hydrogen) atoms. The molecule has 0 heterocycles. The number of rotatable bonds is 6. The molecule has 1 amide bonds. The van der Waals surface area contributed by atoms with Gasteiger partial charge in [0.1, 0.15) is 24.0 Å². The number of aliphatic carboxylic acids is 1. The van der Waals surface area contributed by atoms with Crippen LogP contribution in [0.4, 0.5) is 13.2 Å². The molecule has 7 nitrogen and oxygen atoms in total. The molecule has 0 spiro atoms. The minimum atomic E-state index is -5.03. The van der Waals surface area contributed by atoms with E-state index in [-0.39, 0.29) is 16.4 Å². The van der Waals surface area contributed by atoms with Crippen molar-refractivity contribution in [2.75, 3.05) is 13.1 Å². The van der Waals surface area contributed by atoms with Gasteiger partial charge in [-0.05, 0) is 0 Å². The number of primary amides is 1. The maximum absolute atomic E-state index is 13.5. The average Bonchev–Trinajstić information content (AvgIpc) is 2.24. The molecule has 116 valence electrons. The van der Waals surface area contributed by atoms with E-state index in [1.54, 1.807) is 0 Å². The molecule has 11 heteroatoms. The number of halogens is 3. The summed E-state index contributed by atoms with van der Waals surface area (Å²) >= 11 is 0. The molecule has 0 bridgehead atoms. The second kappa shape index (κ2) is 6.10. The molecule has 0 saturated carbocycles. The van der Waals surface area contributed by atoms with Crippen LogP contribution in [0.1, 0.15) is 0 Å². The third-order valence-electron chi connectivity index (χ3n) is 2.20. The Hall–Kier alpha value is -2.14. The van der Waals surface area contributed by atoms with Gasteiger partial charge in [0.25, 0.3) is 0 Å². The van der Waals surface area contributed by atoms with E-state index in [1.807, 2.05) is 0 Å². The normalized spacial score (nSPS) is 11.6. The first-order valence-electron chi connectivity index (χ1n) is 5.20. The molecule has 0 saturated heterocycles. The van der Waals surface area contributed by atoms with Gasteiger partial charge in [0.15, 0.2) is 4.90 Å². The van der Waals surface area contributed by atoms with Gasteiger partial charge in [-0.2, -0.15) is 4.31 Å². The van der Waals surface area contributed by atoms with E-state index in [1.165, 1.54) is 0 Å². The lowest BCUT2D eigenvalue weighted by atomic mass is 10.3. The van der Waals surface area contributed by atoms with Crippen molar-refractivity contribution in [3.63, 3.8) is 0 Å². The molecule has 0 unspecified atom stereocenters. The monoisotopic (exact) mass is 326 g/mol. The Morgan fingerprint density at radius 2 is 1.62 bits per heavy atom. The number of nitrogens with zero attached hydrogens (tertiary/aromatic N) is 1. The molecule has 0 radical (unpaired) electrons. The molecule has 0 aliphatic carbocycles. The molecule has 3 N–H and O–H groups in total. The quantitative estimate of drug-likeness (QED) is 0.742. The molecule has 0 aliphatic rings. The topological polar surface area (TPSA) is 118 Å². The van der Waals surface area contributed by atoms with Crippen LogP contribution in [0, 0.1) is 17.5 Å². The number of hydrogen-bond donors (Lipinski definition) is 2. The van der Waals surface area contributed by atoms with Gasteiger partial charge in [-0.3, -0.25) is 9.59 Å². The number of benzene rings is 1. The highest BCUT2D eigenvalue weighted by molar-refractivity contribution is 7.89. The fourth-order valence-electron chi connectivity index (χ4n) is 1.46. The molecule has 0 aromatic heterocycles. The van der Waals surface area contributed by atoms with Gasteiger partial charge < -0.3 is 10.8 Å². The van der Waals surface area contributed by atoms with Crippen molar-refractivity contribution in [1.82, 2.24) is 4.31 Å². The average molecular weight is 326 g/mol. The van der Waals surface area contributed by atoms with Crippen molar-refractivity contribution in [1.29, 1.82) is 0 Å². The van der Waals surface area contributed by atoms with Gasteiger partial charge in [-0.15, -0.1) is 0 Å². The lowest BCUT2D eigenvalue weighted by molar-refractivity contribution is -0.137. The molecular weight excluding hydrogens is 317 g/mol. The van der Waals surface area contributed by atoms with Crippen molar-refractivity contribution in [3.05, 3.63) is 29.6 Å². The summed E-state index contributed by atoms with van der Waals surface area (Å²) in [5.74, 6) is -7.78. The fraction of sp³-hybridized carbons (Fsp3) is 0.200. The molecule has 1 aromatic rings. The fourth-order valence-corrected chi connectivity index (χ4v) is 2.90. The van der Waals surface area contributed by atoms with Crippen LogP contribution < -0.4 is 5.73 Å². The van der Waals surface area contributed by atoms with Gasteiger partial charge in [0, 0.05) is 12.1 Å². The second-order valence-corrected chi connectivity index (χ2v) is 5.71. The van der Waals surface area contributed by atoms with Gasteiger partial charge in [0.05, 0.1) is 6.54 Å². The number of carboxylic acid groups (broad SMARTS) is 1. The SMILES string of the molecule is NC(=O)CN(CC(=O)O)S(=O)(=O)c1c(F)cc(F)cc1F. The van der Waals surface area contributed by atoms with E-state index in [4.69, 9.17) is 10.8 Å². The third kappa shape index (κ3) is 3.92. The Kier molecular flexibility index (Phi) is 4.91. The van der Waals surface area contributed by atoms with Crippen molar-refractivity contribution in [2.45, 2.75) is 4.90 Å². The van der Waals surface area contributed by atoms with Gasteiger partial charge in [0.2, 0.25) is 15.9 Å². The van der Waals surface area contributed by atoms with Crippen LogP contribution in [-0.4, -0.2) is 42.8 Å². The van der Waals surface area contributed by atoms with Crippen LogP contribution in [0.3, 0.4) is 0 Å². The Morgan fingerprint density at radius 1 is 1.14 bits per heavy atom.